The molecule has 2 aliphatic carbocycles. The molecule has 0 aromatic heterocycles. The van der Waals surface area contributed by atoms with Crippen LogP contribution in [0.5, 0.6) is 11.5 Å². The Morgan fingerprint density at radius 2 is 1.22 bits per heavy atom. The molecule has 45 heavy (non-hydrogen) atoms. The lowest BCUT2D eigenvalue weighted by Gasteiger charge is -2.30. The number of carbonyl (C=O) groups is 1. The maximum absolute atomic E-state index is 14.1. The monoisotopic (exact) mass is 636 g/mol. The number of halogens is 4. The van der Waals surface area contributed by atoms with Crippen molar-refractivity contribution in [2.24, 2.45) is 17.8 Å². The summed E-state index contributed by atoms with van der Waals surface area (Å²) in [4.78, 5) is 12.3. The first kappa shape index (κ1) is 33.6. The number of esters is 1. The lowest BCUT2D eigenvalue weighted by molar-refractivity contribution is -0.160. The fraction of sp³-hybridized carbons (Fsp3) is 0.649. The van der Waals surface area contributed by atoms with E-state index >= 15 is 0 Å². The van der Waals surface area contributed by atoms with Gasteiger partial charge in [0.2, 0.25) is 11.6 Å². The predicted molar refractivity (Wildman–Crippen MR) is 170 cm³/mol. The Labute approximate surface area is 268 Å². The second-order valence-electron chi connectivity index (χ2n) is 14.1. The van der Waals surface area contributed by atoms with Gasteiger partial charge < -0.3 is 14.2 Å². The van der Waals surface area contributed by atoms with Crippen molar-refractivity contribution in [3.8, 4) is 11.5 Å². The van der Waals surface area contributed by atoms with Crippen LogP contribution in [0.1, 0.15) is 116 Å². The molecule has 4 nitrogen and oxygen atoms in total. The number of aryl methyl sites for hydroxylation is 4. The zero-order valence-corrected chi connectivity index (χ0v) is 27.2. The Hall–Kier alpha value is -2.77. The largest absolute Gasteiger partial charge is 0.487 e. The number of benzene rings is 2. The Kier molecular flexibility index (Phi) is 11.0. The number of ether oxygens (including phenoxy) is 3. The quantitative estimate of drug-likeness (QED) is 0.242. The van der Waals surface area contributed by atoms with Gasteiger partial charge in [-0.3, -0.25) is 0 Å². The molecule has 2 heterocycles. The maximum atomic E-state index is 14.1. The average molecular weight is 637 g/mol. The van der Waals surface area contributed by atoms with Crippen LogP contribution < -0.4 is 9.47 Å². The van der Waals surface area contributed by atoms with E-state index in [4.69, 9.17) is 14.2 Å². The Morgan fingerprint density at radius 1 is 0.711 bits per heavy atom. The van der Waals surface area contributed by atoms with E-state index in [0.29, 0.717) is 29.9 Å². The van der Waals surface area contributed by atoms with Gasteiger partial charge in [0.15, 0.2) is 29.2 Å². The first-order valence-electron chi connectivity index (χ1n) is 17.0. The molecule has 0 saturated heterocycles. The van der Waals surface area contributed by atoms with Crippen LogP contribution >= 0.6 is 0 Å². The molecule has 0 spiro atoms. The third-order valence-corrected chi connectivity index (χ3v) is 10.3. The van der Waals surface area contributed by atoms with Crippen LogP contribution in [0.2, 0.25) is 0 Å². The molecular weight excluding hydrogens is 584 g/mol. The number of carbonyl (C=O) groups excluding carboxylic acids is 1. The molecule has 0 N–H and O–H groups in total. The molecule has 0 amide bonds. The van der Waals surface area contributed by atoms with E-state index in [2.05, 4.69) is 13.8 Å². The van der Waals surface area contributed by atoms with Gasteiger partial charge >= 0.3 is 5.97 Å². The minimum absolute atomic E-state index is 0. The van der Waals surface area contributed by atoms with Gasteiger partial charge in [0.1, 0.15) is 6.10 Å². The highest BCUT2D eigenvalue weighted by molar-refractivity contribution is 5.76. The van der Waals surface area contributed by atoms with E-state index in [9.17, 15) is 22.4 Å². The van der Waals surface area contributed by atoms with Crippen LogP contribution in [0.15, 0.2) is 12.1 Å². The number of fused-ring (bicyclic) bond motifs is 2. The van der Waals surface area contributed by atoms with Gasteiger partial charge in [-0.2, -0.15) is 8.78 Å². The molecule has 2 saturated carbocycles. The fourth-order valence-corrected chi connectivity index (χ4v) is 7.26. The molecule has 6 rings (SSSR count). The normalized spacial score (nSPS) is 27.6. The highest BCUT2D eigenvalue weighted by Gasteiger charge is 2.33. The van der Waals surface area contributed by atoms with Gasteiger partial charge in [-0.15, -0.1) is 0 Å². The van der Waals surface area contributed by atoms with Gasteiger partial charge in [-0.05, 0) is 130 Å². The SMILES string of the molecule is Cc1cc2c(c(F)c1F)OC(C(=O)OC1CCC(C)CC1)CC2.Cc1cc2c(c(F)c1F)OC(CCC1CCC(C)CC1)CC2.[HH].[HH]. The zero-order chi connectivity index (χ0) is 32.2. The minimum atomic E-state index is -1.01. The van der Waals surface area contributed by atoms with Gasteiger partial charge in [-0.1, -0.05) is 39.5 Å². The second kappa shape index (κ2) is 14.8. The number of hydrogen-bond acceptors (Lipinski definition) is 4. The maximum Gasteiger partial charge on any atom is 0.347 e. The molecule has 252 valence electrons. The van der Waals surface area contributed by atoms with E-state index < -0.39 is 35.3 Å². The van der Waals surface area contributed by atoms with Crippen molar-refractivity contribution in [2.75, 3.05) is 0 Å². The third-order valence-electron chi connectivity index (χ3n) is 10.3. The van der Waals surface area contributed by atoms with E-state index in [1.165, 1.54) is 32.6 Å². The summed E-state index contributed by atoms with van der Waals surface area (Å²) in [5.41, 5.74) is 2.05. The standard InChI is InChI=1S/C19H26F2O.C18H22F2O3.2H2/c1-12-3-5-14(6-4-12)7-9-16-10-8-15-11-13(2)17(20)18(21)19(15)22-16;1-10-3-6-13(7-4-10)22-18(21)14-8-5-12-9-11(2)15(19)16(20)17(12)23-14;;/h11-12,14,16H,3-10H2,1-2H3;9-10,13-14H,3-8H2,1-2H3;2*1H. The van der Waals surface area contributed by atoms with Gasteiger partial charge in [0.05, 0.1) is 6.10 Å². The molecule has 0 radical (unpaired) electrons. The molecule has 2 unspecified atom stereocenters. The van der Waals surface area contributed by atoms with Gasteiger partial charge in [-0.25, -0.2) is 13.6 Å². The zero-order valence-electron chi connectivity index (χ0n) is 27.2. The minimum Gasteiger partial charge on any atom is -0.487 e. The van der Waals surface area contributed by atoms with Crippen LogP contribution in [0, 0.1) is 54.9 Å². The molecule has 2 fully saturated rings. The predicted octanol–water partition coefficient (Wildman–Crippen LogP) is 10.2. The van der Waals surface area contributed by atoms with E-state index in [0.717, 1.165) is 68.8 Å². The first-order chi connectivity index (χ1) is 21.5. The topological polar surface area (TPSA) is 44.8 Å². The average Bonchev–Trinajstić information content (AvgIpc) is 3.04. The van der Waals surface area contributed by atoms with Crippen molar-refractivity contribution in [3.63, 3.8) is 0 Å². The lowest BCUT2D eigenvalue weighted by Crippen LogP contribution is -2.36. The van der Waals surface area contributed by atoms with Crippen LogP contribution in [0.25, 0.3) is 0 Å². The third kappa shape index (κ3) is 8.15. The lowest BCUT2D eigenvalue weighted by atomic mass is 9.80. The summed E-state index contributed by atoms with van der Waals surface area (Å²) >= 11 is 0. The molecule has 4 aliphatic rings. The number of rotatable bonds is 5. The summed E-state index contributed by atoms with van der Waals surface area (Å²) in [5.74, 6) is -1.60. The Morgan fingerprint density at radius 3 is 1.80 bits per heavy atom. The van der Waals surface area contributed by atoms with E-state index in [1.807, 2.05) is 0 Å². The summed E-state index contributed by atoms with van der Waals surface area (Å²) in [6.45, 7) is 7.65. The van der Waals surface area contributed by atoms with Crippen molar-refractivity contribution in [3.05, 3.63) is 57.7 Å². The molecule has 2 aromatic rings. The Bertz CT molecular complexity index is 1360. The van der Waals surface area contributed by atoms with Crippen LogP contribution in [-0.4, -0.2) is 24.3 Å². The first-order valence-corrected chi connectivity index (χ1v) is 17.0. The van der Waals surface area contributed by atoms with Crippen molar-refractivity contribution in [1.82, 2.24) is 0 Å². The molecule has 2 aliphatic heterocycles. The van der Waals surface area contributed by atoms with E-state index in [-0.39, 0.29) is 32.1 Å². The molecule has 8 heteroatoms. The molecule has 0 bridgehead atoms. The van der Waals surface area contributed by atoms with Crippen molar-refractivity contribution < 1.29 is 39.4 Å². The van der Waals surface area contributed by atoms with Crippen molar-refractivity contribution in [1.29, 1.82) is 0 Å². The summed E-state index contributed by atoms with van der Waals surface area (Å²) in [6.07, 6.45) is 13.0. The van der Waals surface area contributed by atoms with Crippen LogP contribution in [0.3, 0.4) is 0 Å². The second-order valence-corrected chi connectivity index (χ2v) is 14.1. The summed E-state index contributed by atoms with van der Waals surface area (Å²) in [5, 5.41) is 0. The highest BCUT2D eigenvalue weighted by Crippen LogP contribution is 2.37. The summed E-state index contributed by atoms with van der Waals surface area (Å²) in [7, 11) is 0. The van der Waals surface area contributed by atoms with Crippen molar-refractivity contribution in [2.45, 2.75) is 136 Å². The van der Waals surface area contributed by atoms with E-state index in [1.54, 1.807) is 19.1 Å². The van der Waals surface area contributed by atoms with Gasteiger partial charge in [0, 0.05) is 2.85 Å². The highest BCUT2D eigenvalue weighted by atomic mass is 19.2. The molecule has 2 aromatic carbocycles. The summed E-state index contributed by atoms with van der Waals surface area (Å²) in [6, 6.07) is 3.31. The fourth-order valence-electron chi connectivity index (χ4n) is 7.26. The number of hydrogen-bond donors (Lipinski definition) is 0. The van der Waals surface area contributed by atoms with Crippen molar-refractivity contribution >= 4 is 5.97 Å². The molecule has 2 atom stereocenters. The summed E-state index contributed by atoms with van der Waals surface area (Å²) < 4.78 is 72.2. The van der Waals surface area contributed by atoms with Crippen LogP contribution in [-0.2, 0) is 22.4 Å². The van der Waals surface area contributed by atoms with Gasteiger partial charge in [0.25, 0.3) is 0 Å². The Balaban J connectivity index is 0.000000245. The molecular formula is C37H52F4O4. The smallest absolute Gasteiger partial charge is 0.347 e. The van der Waals surface area contributed by atoms with Crippen LogP contribution in [0.4, 0.5) is 17.6 Å².